The zero-order chi connectivity index (χ0) is 10.2. The van der Waals surface area contributed by atoms with Gasteiger partial charge in [-0.2, -0.15) is 0 Å². The number of halogens is 1. The van der Waals surface area contributed by atoms with Crippen LogP contribution in [0.5, 0.6) is 0 Å². The molecule has 1 saturated heterocycles. The molecule has 1 rings (SSSR count). The number of carbonyl (C=O) groups excluding carboxylic acids is 3. The van der Waals surface area contributed by atoms with E-state index in [0.717, 1.165) is 9.80 Å². The number of nitrogens with zero attached hydrogens (tertiary/aromatic N) is 2. The topological polar surface area (TPSA) is 57.7 Å². The summed E-state index contributed by atoms with van der Waals surface area (Å²) in [4.78, 5) is 34.8. The second kappa shape index (κ2) is 3.33. The first-order valence-electron chi connectivity index (χ1n) is 3.76. The maximum atomic E-state index is 11.3. The maximum absolute atomic E-state index is 11.3. The zero-order valence-corrected chi connectivity index (χ0v) is 8.04. The number of hydrogen-bond acceptors (Lipinski definition) is 3. The molecule has 0 aliphatic carbocycles. The molecule has 0 bridgehead atoms. The molecule has 0 saturated carbocycles. The van der Waals surface area contributed by atoms with Crippen molar-refractivity contribution >= 4 is 28.9 Å². The fourth-order valence-corrected chi connectivity index (χ4v) is 1.49. The first-order chi connectivity index (χ1) is 5.95. The number of urea groups is 1. The Kier molecular flexibility index (Phi) is 2.56. The Labute approximate surface area is 80.2 Å². The number of carbonyl (C=O) groups is 3. The van der Waals surface area contributed by atoms with Gasteiger partial charge in [-0.1, -0.05) is 0 Å². The number of rotatable bonds is 0. The molecular weight excluding hydrogens is 196 g/mol. The van der Waals surface area contributed by atoms with Gasteiger partial charge in [0.25, 0.3) is 0 Å². The SMILES string of the molecule is CC(=O)N1CC(C)N(C(=O)Cl)C1=O. The lowest BCUT2D eigenvalue weighted by atomic mass is 10.3. The second-order valence-corrected chi connectivity index (χ2v) is 3.21. The van der Waals surface area contributed by atoms with Gasteiger partial charge in [-0.25, -0.2) is 9.69 Å². The molecule has 1 fully saturated rings. The molecule has 0 N–H and O–H groups in total. The monoisotopic (exact) mass is 204 g/mol. The van der Waals surface area contributed by atoms with Crippen molar-refractivity contribution in [1.29, 1.82) is 0 Å². The Hall–Kier alpha value is -1.10. The molecule has 0 aromatic heterocycles. The van der Waals surface area contributed by atoms with E-state index in [1.54, 1.807) is 6.92 Å². The van der Waals surface area contributed by atoms with Crippen LogP contribution in [-0.2, 0) is 4.79 Å². The minimum Gasteiger partial charge on any atom is -0.275 e. The molecule has 1 heterocycles. The van der Waals surface area contributed by atoms with E-state index in [-0.39, 0.29) is 18.5 Å². The number of amides is 4. The highest BCUT2D eigenvalue weighted by atomic mass is 35.5. The van der Waals surface area contributed by atoms with Crippen LogP contribution in [0.2, 0.25) is 0 Å². The van der Waals surface area contributed by atoms with Crippen LogP contribution in [-0.4, -0.2) is 39.7 Å². The Morgan fingerprint density at radius 1 is 1.54 bits per heavy atom. The van der Waals surface area contributed by atoms with E-state index in [4.69, 9.17) is 11.6 Å². The first kappa shape index (κ1) is 9.98. The van der Waals surface area contributed by atoms with E-state index >= 15 is 0 Å². The van der Waals surface area contributed by atoms with Gasteiger partial charge < -0.3 is 0 Å². The van der Waals surface area contributed by atoms with Gasteiger partial charge in [-0.15, -0.1) is 0 Å². The average molecular weight is 205 g/mol. The van der Waals surface area contributed by atoms with Gasteiger partial charge in [0, 0.05) is 6.92 Å². The number of hydrogen-bond donors (Lipinski definition) is 0. The predicted octanol–water partition coefficient (Wildman–Crippen LogP) is 1.02. The second-order valence-electron chi connectivity index (χ2n) is 2.88. The fourth-order valence-electron chi connectivity index (χ4n) is 1.25. The summed E-state index contributed by atoms with van der Waals surface area (Å²) in [5, 5.41) is -0.846. The molecule has 1 atom stereocenters. The van der Waals surface area contributed by atoms with Gasteiger partial charge in [0.05, 0.1) is 12.6 Å². The molecule has 13 heavy (non-hydrogen) atoms. The lowest BCUT2D eigenvalue weighted by molar-refractivity contribution is -0.125. The van der Waals surface area contributed by atoms with Crippen LogP contribution >= 0.6 is 11.6 Å². The van der Waals surface area contributed by atoms with Crippen molar-refractivity contribution in [2.24, 2.45) is 0 Å². The fraction of sp³-hybridized carbons (Fsp3) is 0.571. The van der Waals surface area contributed by atoms with Crippen LogP contribution in [0.3, 0.4) is 0 Å². The highest BCUT2D eigenvalue weighted by Crippen LogP contribution is 2.17. The van der Waals surface area contributed by atoms with E-state index in [1.165, 1.54) is 6.92 Å². The minimum absolute atomic E-state index is 0.215. The minimum atomic E-state index is -0.846. The van der Waals surface area contributed by atoms with Crippen molar-refractivity contribution in [2.75, 3.05) is 6.54 Å². The molecule has 72 valence electrons. The quantitative estimate of drug-likeness (QED) is 0.437. The highest BCUT2D eigenvalue weighted by Gasteiger charge is 2.39. The van der Waals surface area contributed by atoms with Gasteiger partial charge in [0.15, 0.2) is 0 Å². The Morgan fingerprint density at radius 3 is 2.31 bits per heavy atom. The van der Waals surface area contributed by atoms with Gasteiger partial charge in [0.1, 0.15) is 0 Å². The van der Waals surface area contributed by atoms with Crippen molar-refractivity contribution in [3.05, 3.63) is 0 Å². The van der Waals surface area contributed by atoms with Gasteiger partial charge in [-0.05, 0) is 18.5 Å². The van der Waals surface area contributed by atoms with Crippen molar-refractivity contribution in [3.8, 4) is 0 Å². The molecule has 1 aliphatic heterocycles. The van der Waals surface area contributed by atoms with Crippen LogP contribution < -0.4 is 0 Å². The summed E-state index contributed by atoms with van der Waals surface area (Å²) in [7, 11) is 0. The zero-order valence-electron chi connectivity index (χ0n) is 7.28. The van der Waals surface area contributed by atoms with E-state index in [2.05, 4.69) is 0 Å². The molecule has 0 spiro atoms. The van der Waals surface area contributed by atoms with Crippen molar-refractivity contribution in [1.82, 2.24) is 9.80 Å². The Morgan fingerprint density at radius 2 is 2.08 bits per heavy atom. The molecule has 5 nitrogen and oxygen atoms in total. The third-order valence-corrected chi connectivity index (χ3v) is 2.08. The molecule has 6 heteroatoms. The molecule has 0 radical (unpaired) electrons. The van der Waals surface area contributed by atoms with Crippen molar-refractivity contribution < 1.29 is 14.4 Å². The van der Waals surface area contributed by atoms with E-state index in [0.29, 0.717) is 0 Å². The van der Waals surface area contributed by atoms with Crippen LogP contribution in [0.1, 0.15) is 13.8 Å². The van der Waals surface area contributed by atoms with Gasteiger partial charge in [0.2, 0.25) is 5.91 Å². The van der Waals surface area contributed by atoms with Crippen LogP contribution in [0.4, 0.5) is 9.59 Å². The summed E-state index contributed by atoms with van der Waals surface area (Å²) in [6, 6.07) is -0.985. The van der Waals surface area contributed by atoms with E-state index in [9.17, 15) is 14.4 Å². The van der Waals surface area contributed by atoms with E-state index < -0.39 is 11.4 Å². The molecule has 0 aromatic carbocycles. The van der Waals surface area contributed by atoms with Crippen molar-refractivity contribution in [3.63, 3.8) is 0 Å². The number of imide groups is 2. The van der Waals surface area contributed by atoms with Crippen molar-refractivity contribution in [2.45, 2.75) is 19.9 Å². The van der Waals surface area contributed by atoms with Crippen LogP contribution in [0, 0.1) is 0 Å². The normalized spacial score (nSPS) is 22.4. The maximum Gasteiger partial charge on any atom is 0.334 e. The summed E-state index contributed by atoms with van der Waals surface area (Å²) in [5.41, 5.74) is 0. The predicted molar refractivity (Wildman–Crippen MR) is 45.3 cm³/mol. The van der Waals surface area contributed by atoms with E-state index in [1.807, 2.05) is 0 Å². The highest BCUT2D eigenvalue weighted by molar-refractivity contribution is 6.64. The Balaban J connectivity index is 2.87. The third kappa shape index (κ3) is 1.65. The molecule has 0 aromatic rings. The third-order valence-electron chi connectivity index (χ3n) is 1.89. The van der Waals surface area contributed by atoms with Crippen LogP contribution in [0.25, 0.3) is 0 Å². The standard InChI is InChI=1S/C7H9ClN2O3/c1-4-3-9(5(2)11)7(13)10(4)6(8)12/h4H,3H2,1-2H3. The Bertz CT molecular complexity index is 279. The summed E-state index contributed by atoms with van der Waals surface area (Å²) >= 11 is 5.17. The lowest BCUT2D eigenvalue weighted by Crippen LogP contribution is -2.37. The van der Waals surface area contributed by atoms with Gasteiger partial charge >= 0.3 is 11.4 Å². The lowest BCUT2D eigenvalue weighted by Gasteiger charge is -2.13. The molecule has 1 aliphatic rings. The van der Waals surface area contributed by atoms with Crippen LogP contribution in [0.15, 0.2) is 0 Å². The summed E-state index contributed by atoms with van der Waals surface area (Å²) in [6.07, 6.45) is 0. The summed E-state index contributed by atoms with van der Waals surface area (Å²) < 4.78 is 0. The molecular formula is C7H9ClN2O3. The smallest absolute Gasteiger partial charge is 0.275 e. The summed E-state index contributed by atoms with van der Waals surface area (Å²) in [5.74, 6) is -0.378. The average Bonchev–Trinajstić information content (AvgIpc) is 2.26. The first-order valence-corrected chi connectivity index (χ1v) is 4.13. The van der Waals surface area contributed by atoms with Gasteiger partial charge in [-0.3, -0.25) is 14.5 Å². The largest absolute Gasteiger partial charge is 0.334 e. The summed E-state index contributed by atoms with van der Waals surface area (Å²) in [6.45, 7) is 3.14. The molecule has 1 unspecified atom stereocenters. The molecule has 4 amide bonds.